The number of aryl methyl sites for hydroxylation is 2. The van der Waals surface area contributed by atoms with E-state index in [4.69, 9.17) is 4.98 Å². The molecule has 3 rings (SSSR count). The molecule has 1 aromatic heterocycles. The summed E-state index contributed by atoms with van der Waals surface area (Å²) in [5.74, 6) is 0.487. The van der Waals surface area contributed by atoms with Gasteiger partial charge in [-0.1, -0.05) is 11.6 Å². The van der Waals surface area contributed by atoms with Crippen LogP contribution >= 0.6 is 0 Å². The Bertz CT molecular complexity index is 751. The van der Waals surface area contributed by atoms with E-state index in [-0.39, 0.29) is 12.5 Å². The molecule has 0 aliphatic heterocycles. The van der Waals surface area contributed by atoms with Gasteiger partial charge in [-0.05, 0) is 51.3 Å². The van der Waals surface area contributed by atoms with Crippen LogP contribution in [0.3, 0.4) is 0 Å². The van der Waals surface area contributed by atoms with Crippen LogP contribution in [0.2, 0.25) is 0 Å². The Labute approximate surface area is 137 Å². The van der Waals surface area contributed by atoms with Crippen LogP contribution < -0.4 is 0 Å². The highest BCUT2D eigenvalue weighted by Crippen LogP contribution is 2.40. The van der Waals surface area contributed by atoms with Crippen LogP contribution in [0.25, 0.3) is 10.9 Å². The molecular weight excluding hydrogens is 288 g/mol. The number of benzene rings is 1. The molecule has 1 saturated carbocycles. The molecule has 1 heterocycles. The van der Waals surface area contributed by atoms with Crippen molar-refractivity contribution < 1.29 is 9.90 Å². The summed E-state index contributed by atoms with van der Waals surface area (Å²) in [6.45, 7) is 6.97. The van der Waals surface area contributed by atoms with Gasteiger partial charge in [-0.25, -0.2) is 0 Å². The molecule has 4 nitrogen and oxygen atoms in total. The van der Waals surface area contributed by atoms with Crippen LogP contribution in [0.15, 0.2) is 18.2 Å². The van der Waals surface area contributed by atoms with Crippen molar-refractivity contribution in [3.63, 3.8) is 0 Å². The number of pyridine rings is 1. The summed E-state index contributed by atoms with van der Waals surface area (Å²) in [6, 6.07) is 6.14. The first kappa shape index (κ1) is 15.9. The fraction of sp³-hybridized carbons (Fsp3) is 0.474. The minimum absolute atomic E-state index is 0.0131. The van der Waals surface area contributed by atoms with E-state index in [1.807, 2.05) is 26.0 Å². The standard InChI is InChI=1S/C19H24N2O2/c1-4-21(7-8-22)19(23)16-11-17(14-5-6-14)20-18-13(3)9-12(2)10-15(16)18/h9-11,14,22H,4-8H2,1-3H3. The Kier molecular flexibility index (Phi) is 4.35. The molecule has 0 radical (unpaired) electrons. The van der Waals surface area contributed by atoms with Gasteiger partial charge in [0.1, 0.15) is 0 Å². The first-order chi connectivity index (χ1) is 11.0. The number of aromatic nitrogens is 1. The maximum atomic E-state index is 13.0. The number of aliphatic hydroxyl groups excluding tert-OH is 1. The van der Waals surface area contributed by atoms with E-state index >= 15 is 0 Å². The number of rotatable bonds is 5. The average Bonchev–Trinajstić information content (AvgIpc) is 3.36. The molecule has 1 N–H and O–H groups in total. The lowest BCUT2D eigenvalue weighted by Gasteiger charge is -2.21. The molecule has 2 aromatic rings. The molecule has 0 unspecified atom stereocenters. The molecule has 1 amide bonds. The summed E-state index contributed by atoms with van der Waals surface area (Å²) in [5, 5.41) is 10.1. The minimum Gasteiger partial charge on any atom is -0.395 e. The molecule has 122 valence electrons. The topological polar surface area (TPSA) is 53.4 Å². The number of likely N-dealkylation sites (N-methyl/N-ethyl adjacent to an activating group) is 1. The highest BCUT2D eigenvalue weighted by Gasteiger charge is 2.28. The zero-order chi connectivity index (χ0) is 16.6. The largest absolute Gasteiger partial charge is 0.395 e. The Morgan fingerprint density at radius 1 is 1.30 bits per heavy atom. The van der Waals surface area contributed by atoms with E-state index in [1.165, 1.54) is 0 Å². The molecule has 1 aromatic carbocycles. The van der Waals surface area contributed by atoms with Gasteiger partial charge in [0.05, 0.1) is 17.7 Å². The zero-order valence-corrected chi connectivity index (χ0v) is 14.1. The van der Waals surface area contributed by atoms with E-state index in [0.29, 0.717) is 19.0 Å². The van der Waals surface area contributed by atoms with Gasteiger partial charge in [0.2, 0.25) is 0 Å². The summed E-state index contributed by atoms with van der Waals surface area (Å²) in [7, 11) is 0. The van der Waals surface area contributed by atoms with Crippen molar-refractivity contribution >= 4 is 16.8 Å². The summed E-state index contributed by atoms with van der Waals surface area (Å²) in [6.07, 6.45) is 2.32. The van der Waals surface area contributed by atoms with E-state index < -0.39 is 0 Å². The molecule has 0 saturated heterocycles. The van der Waals surface area contributed by atoms with Crippen molar-refractivity contribution in [1.29, 1.82) is 0 Å². The Hall–Kier alpha value is -1.94. The van der Waals surface area contributed by atoms with Gasteiger partial charge in [0, 0.05) is 30.1 Å². The summed E-state index contributed by atoms with van der Waals surface area (Å²) < 4.78 is 0. The van der Waals surface area contributed by atoms with Crippen molar-refractivity contribution in [3.05, 3.63) is 40.6 Å². The molecule has 1 fully saturated rings. The van der Waals surface area contributed by atoms with Gasteiger partial charge in [0.25, 0.3) is 5.91 Å². The van der Waals surface area contributed by atoms with Crippen molar-refractivity contribution in [2.24, 2.45) is 0 Å². The number of hydrogen-bond acceptors (Lipinski definition) is 3. The predicted molar refractivity (Wildman–Crippen MR) is 91.9 cm³/mol. The van der Waals surface area contributed by atoms with Crippen LogP contribution in [0.4, 0.5) is 0 Å². The first-order valence-electron chi connectivity index (χ1n) is 8.37. The van der Waals surface area contributed by atoms with E-state index in [2.05, 4.69) is 13.0 Å². The van der Waals surface area contributed by atoms with Crippen molar-refractivity contribution in [1.82, 2.24) is 9.88 Å². The smallest absolute Gasteiger partial charge is 0.254 e. The lowest BCUT2D eigenvalue weighted by atomic mass is 10.00. The predicted octanol–water partition coefficient (Wildman–Crippen LogP) is 3.18. The second-order valence-electron chi connectivity index (χ2n) is 6.46. The monoisotopic (exact) mass is 312 g/mol. The molecule has 0 spiro atoms. The van der Waals surface area contributed by atoms with Crippen LogP contribution in [-0.2, 0) is 0 Å². The second kappa shape index (κ2) is 6.28. The van der Waals surface area contributed by atoms with Crippen molar-refractivity contribution in [3.8, 4) is 0 Å². The lowest BCUT2D eigenvalue weighted by molar-refractivity contribution is 0.0734. The second-order valence-corrected chi connectivity index (χ2v) is 6.46. The zero-order valence-electron chi connectivity index (χ0n) is 14.1. The van der Waals surface area contributed by atoms with Gasteiger partial charge in [-0.2, -0.15) is 0 Å². The van der Waals surface area contributed by atoms with Crippen molar-refractivity contribution in [2.75, 3.05) is 19.7 Å². The Morgan fingerprint density at radius 2 is 2.04 bits per heavy atom. The number of aliphatic hydroxyl groups is 1. The fourth-order valence-electron chi connectivity index (χ4n) is 3.16. The third-order valence-corrected chi connectivity index (χ3v) is 4.53. The molecule has 1 aliphatic carbocycles. The number of carbonyl (C=O) groups excluding carboxylic acids is 1. The minimum atomic E-state index is -0.0177. The van der Waals surface area contributed by atoms with Crippen LogP contribution in [0, 0.1) is 13.8 Å². The molecule has 1 aliphatic rings. The van der Waals surface area contributed by atoms with Gasteiger partial charge in [-0.3, -0.25) is 9.78 Å². The Balaban J connectivity index is 2.18. The summed E-state index contributed by atoms with van der Waals surface area (Å²) in [4.78, 5) is 19.5. The SMILES string of the molecule is CCN(CCO)C(=O)c1cc(C2CC2)nc2c(C)cc(C)cc12. The number of carbonyl (C=O) groups is 1. The molecule has 4 heteroatoms. The lowest BCUT2D eigenvalue weighted by Crippen LogP contribution is -2.33. The normalized spacial score (nSPS) is 14.3. The third-order valence-electron chi connectivity index (χ3n) is 4.53. The number of hydrogen-bond donors (Lipinski definition) is 1. The molecule has 23 heavy (non-hydrogen) atoms. The summed E-state index contributed by atoms with van der Waals surface area (Å²) >= 11 is 0. The fourth-order valence-corrected chi connectivity index (χ4v) is 3.16. The number of nitrogens with zero attached hydrogens (tertiary/aromatic N) is 2. The van der Waals surface area contributed by atoms with E-state index in [9.17, 15) is 9.90 Å². The van der Waals surface area contributed by atoms with Crippen molar-refractivity contribution in [2.45, 2.75) is 39.5 Å². The van der Waals surface area contributed by atoms with Gasteiger partial charge < -0.3 is 10.0 Å². The molecule has 0 bridgehead atoms. The number of amides is 1. The molecular formula is C19H24N2O2. The average molecular weight is 312 g/mol. The highest BCUT2D eigenvalue weighted by atomic mass is 16.3. The highest BCUT2D eigenvalue weighted by molar-refractivity contribution is 6.07. The van der Waals surface area contributed by atoms with E-state index in [1.54, 1.807) is 4.90 Å². The summed E-state index contributed by atoms with van der Waals surface area (Å²) in [5.41, 5.74) is 4.94. The Morgan fingerprint density at radius 3 is 2.65 bits per heavy atom. The first-order valence-corrected chi connectivity index (χ1v) is 8.37. The quantitative estimate of drug-likeness (QED) is 0.922. The number of fused-ring (bicyclic) bond motifs is 1. The van der Waals surface area contributed by atoms with Gasteiger partial charge >= 0.3 is 0 Å². The van der Waals surface area contributed by atoms with Crippen LogP contribution in [0.5, 0.6) is 0 Å². The van der Waals surface area contributed by atoms with Gasteiger partial charge in [0.15, 0.2) is 0 Å². The van der Waals surface area contributed by atoms with Gasteiger partial charge in [-0.15, -0.1) is 0 Å². The third kappa shape index (κ3) is 3.08. The maximum Gasteiger partial charge on any atom is 0.254 e. The van der Waals surface area contributed by atoms with Crippen LogP contribution in [-0.4, -0.2) is 40.6 Å². The molecule has 0 atom stereocenters. The van der Waals surface area contributed by atoms with E-state index in [0.717, 1.165) is 46.1 Å². The van der Waals surface area contributed by atoms with Crippen LogP contribution in [0.1, 0.15) is 52.9 Å². The maximum absolute atomic E-state index is 13.0.